The maximum atomic E-state index is 12.4. The van der Waals surface area contributed by atoms with Gasteiger partial charge in [-0.25, -0.2) is 0 Å². The van der Waals surface area contributed by atoms with Gasteiger partial charge in [0.15, 0.2) is 0 Å². The molecule has 2 nitrogen and oxygen atoms in total. The first kappa shape index (κ1) is 12.0. The smallest absolute Gasteiger partial charge is 0.304 e. The van der Waals surface area contributed by atoms with E-state index in [4.69, 9.17) is 0 Å². The van der Waals surface area contributed by atoms with Crippen LogP contribution in [0.2, 0.25) is 0 Å². The largest absolute Gasteiger partial charge is 0.471 e. The molecule has 0 radical (unpaired) electrons. The molecule has 1 heterocycles. The van der Waals surface area contributed by atoms with E-state index >= 15 is 0 Å². The number of anilines is 1. The van der Waals surface area contributed by atoms with Crippen molar-refractivity contribution in [2.45, 2.75) is 25.9 Å². The van der Waals surface area contributed by atoms with Crippen LogP contribution in [0.1, 0.15) is 17.5 Å². The molecule has 1 amide bonds. The minimum atomic E-state index is -4.81. The third-order valence-corrected chi connectivity index (χ3v) is 2.85. The Kier molecular flexibility index (Phi) is 2.85. The highest BCUT2D eigenvalue weighted by Gasteiger charge is 2.43. The van der Waals surface area contributed by atoms with Crippen LogP contribution in [-0.4, -0.2) is 18.6 Å². The second-order valence-electron chi connectivity index (χ2n) is 4.19. The average Bonchev–Trinajstić information content (AvgIpc) is 2.26. The van der Waals surface area contributed by atoms with Crippen LogP contribution in [0.5, 0.6) is 0 Å². The summed E-state index contributed by atoms with van der Waals surface area (Å²) < 4.78 is 37.3. The molecule has 0 aliphatic carbocycles. The molecule has 0 unspecified atom stereocenters. The van der Waals surface area contributed by atoms with Crippen LogP contribution in [0, 0.1) is 6.92 Å². The Morgan fingerprint density at radius 1 is 1.35 bits per heavy atom. The number of alkyl halides is 3. The minimum Gasteiger partial charge on any atom is -0.304 e. The zero-order chi connectivity index (χ0) is 12.6. The lowest BCUT2D eigenvalue weighted by atomic mass is 10.00. The van der Waals surface area contributed by atoms with Crippen LogP contribution in [-0.2, 0) is 11.2 Å². The Hall–Kier alpha value is -1.52. The van der Waals surface area contributed by atoms with Crippen LogP contribution in [0.4, 0.5) is 18.9 Å². The molecule has 1 aliphatic heterocycles. The van der Waals surface area contributed by atoms with Gasteiger partial charge in [0.25, 0.3) is 0 Å². The van der Waals surface area contributed by atoms with E-state index in [0.29, 0.717) is 12.1 Å². The molecule has 0 saturated heterocycles. The normalized spacial score (nSPS) is 15.6. The Morgan fingerprint density at radius 2 is 2.06 bits per heavy atom. The molecule has 1 aromatic rings. The predicted molar refractivity (Wildman–Crippen MR) is 57.9 cm³/mol. The first-order chi connectivity index (χ1) is 7.89. The number of carbonyl (C=O) groups excluding carboxylic acids is 1. The molecule has 0 atom stereocenters. The van der Waals surface area contributed by atoms with Gasteiger partial charge in [0.1, 0.15) is 0 Å². The Bertz CT molecular complexity index is 454. The molecular weight excluding hydrogens is 231 g/mol. The zero-order valence-electron chi connectivity index (χ0n) is 9.34. The lowest BCUT2D eigenvalue weighted by Crippen LogP contribution is -2.43. The Balaban J connectivity index is 2.41. The number of hydrogen-bond donors (Lipinski definition) is 0. The lowest BCUT2D eigenvalue weighted by Gasteiger charge is -2.30. The summed E-state index contributed by atoms with van der Waals surface area (Å²) in [6, 6.07) is 5.28. The van der Waals surface area contributed by atoms with Crippen LogP contribution in [0.15, 0.2) is 18.2 Å². The van der Waals surface area contributed by atoms with Crippen LogP contribution in [0.3, 0.4) is 0 Å². The fourth-order valence-electron chi connectivity index (χ4n) is 2.05. The monoisotopic (exact) mass is 243 g/mol. The van der Waals surface area contributed by atoms with E-state index in [1.54, 1.807) is 19.1 Å². The fourth-order valence-corrected chi connectivity index (χ4v) is 2.05. The molecular formula is C12H12F3NO. The third kappa shape index (κ3) is 2.28. The maximum absolute atomic E-state index is 12.4. The number of hydrogen-bond acceptors (Lipinski definition) is 1. The van der Waals surface area contributed by atoms with Crippen LogP contribution < -0.4 is 4.90 Å². The van der Waals surface area contributed by atoms with Gasteiger partial charge in [0.2, 0.25) is 0 Å². The molecule has 0 saturated carbocycles. The standard InChI is InChI=1S/C12H12F3NO/c1-8-4-5-9-3-2-6-16(10(9)7-8)11(17)12(13,14)15/h4-5,7H,2-3,6H2,1H3. The SMILES string of the molecule is Cc1ccc2c(c1)N(C(=O)C(F)(F)F)CCC2. The summed E-state index contributed by atoms with van der Waals surface area (Å²) in [5.74, 6) is -1.77. The Morgan fingerprint density at radius 3 is 2.71 bits per heavy atom. The van der Waals surface area contributed by atoms with Gasteiger partial charge in [-0.1, -0.05) is 12.1 Å². The number of carbonyl (C=O) groups is 1. The molecule has 1 aliphatic rings. The van der Waals surface area contributed by atoms with E-state index in [-0.39, 0.29) is 6.54 Å². The van der Waals surface area contributed by atoms with Crippen LogP contribution >= 0.6 is 0 Å². The summed E-state index contributed by atoms with van der Waals surface area (Å²) >= 11 is 0. The van der Waals surface area contributed by atoms with Crippen molar-refractivity contribution in [3.05, 3.63) is 29.3 Å². The van der Waals surface area contributed by atoms with Crippen molar-refractivity contribution < 1.29 is 18.0 Å². The first-order valence-corrected chi connectivity index (χ1v) is 5.38. The molecule has 1 aromatic carbocycles. The second-order valence-corrected chi connectivity index (χ2v) is 4.19. The summed E-state index contributed by atoms with van der Waals surface area (Å²) in [6.07, 6.45) is -3.52. The molecule has 17 heavy (non-hydrogen) atoms. The van der Waals surface area contributed by atoms with E-state index in [9.17, 15) is 18.0 Å². The summed E-state index contributed by atoms with van der Waals surface area (Å²) in [5.41, 5.74) is 2.06. The van der Waals surface area contributed by atoms with Gasteiger partial charge < -0.3 is 4.90 Å². The van der Waals surface area contributed by atoms with Crippen molar-refractivity contribution in [2.24, 2.45) is 0 Å². The molecule has 2 rings (SSSR count). The van der Waals surface area contributed by atoms with E-state index in [0.717, 1.165) is 22.4 Å². The van der Waals surface area contributed by atoms with E-state index in [1.807, 2.05) is 6.07 Å². The van der Waals surface area contributed by atoms with Gasteiger partial charge in [-0.2, -0.15) is 13.2 Å². The van der Waals surface area contributed by atoms with Gasteiger partial charge in [-0.05, 0) is 37.0 Å². The highest BCUT2D eigenvalue weighted by atomic mass is 19.4. The maximum Gasteiger partial charge on any atom is 0.471 e. The van der Waals surface area contributed by atoms with Gasteiger partial charge in [-0.3, -0.25) is 4.79 Å². The fraction of sp³-hybridized carbons (Fsp3) is 0.417. The molecule has 0 bridgehead atoms. The number of halogens is 3. The number of fused-ring (bicyclic) bond motifs is 1. The van der Waals surface area contributed by atoms with Crippen molar-refractivity contribution >= 4 is 11.6 Å². The molecule has 0 N–H and O–H groups in total. The molecule has 0 spiro atoms. The van der Waals surface area contributed by atoms with Crippen molar-refractivity contribution in [3.8, 4) is 0 Å². The average molecular weight is 243 g/mol. The first-order valence-electron chi connectivity index (χ1n) is 5.38. The topological polar surface area (TPSA) is 20.3 Å². The van der Waals surface area contributed by atoms with Crippen molar-refractivity contribution in [1.29, 1.82) is 0 Å². The van der Waals surface area contributed by atoms with Crippen molar-refractivity contribution in [1.82, 2.24) is 0 Å². The number of nitrogens with zero attached hydrogens (tertiary/aromatic N) is 1. The second kappa shape index (κ2) is 4.05. The molecule has 5 heteroatoms. The predicted octanol–water partition coefficient (Wildman–Crippen LogP) is 2.84. The Labute approximate surface area is 97.0 Å². The van der Waals surface area contributed by atoms with Gasteiger partial charge >= 0.3 is 12.1 Å². The number of amides is 1. The summed E-state index contributed by atoms with van der Waals surface area (Å²) in [4.78, 5) is 12.1. The van der Waals surface area contributed by atoms with Gasteiger partial charge in [-0.15, -0.1) is 0 Å². The number of rotatable bonds is 0. The number of benzene rings is 1. The lowest BCUT2D eigenvalue weighted by molar-refractivity contribution is -0.170. The number of aryl methyl sites for hydroxylation is 2. The summed E-state index contributed by atoms with van der Waals surface area (Å²) in [5, 5.41) is 0. The van der Waals surface area contributed by atoms with E-state index < -0.39 is 12.1 Å². The molecule has 0 fully saturated rings. The minimum absolute atomic E-state index is 0.134. The third-order valence-electron chi connectivity index (χ3n) is 2.85. The zero-order valence-corrected chi connectivity index (χ0v) is 9.34. The highest BCUT2D eigenvalue weighted by molar-refractivity contribution is 5.98. The molecule has 0 aromatic heterocycles. The summed E-state index contributed by atoms with van der Waals surface area (Å²) in [7, 11) is 0. The van der Waals surface area contributed by atoms with Gasteiger partial charge in [0, 0.05) is 12.2 Å². The van der Waals surface area contributed by atoms with E-state index in [2.05, 4.69) is 0 Å². The summed E-state index contributed by atoms with van der Waals surface area (Å²) in [6.45, 7) is 1.93. The quantitative estimate of drug-likeness (QED) is 0.686. The van der Waals surface area contributed by atoms with Crippen molar-refractivity contribution in [2.75, 3.05) is 11.4 Å². The van der Waals surface area contributed by atoms with E-state index in [1.165, 1.54) is 0 Å². The van der Waals surface area contributed by atoms with Gasteiger partial charge in [0.05, 0.1) is 0 Å². The highest BCUT2D eigenvalue weighted by Crippen LogP contribution is 2.31. The van der Waals surface area contributed by atoms with Crippen LogP contribution in [0.25, 0.3) is 0 Å². The molecule has 92 valence electrons. The van der Waals surface area contributed by atoms with Crippen molar-refractivity contribution in [3.63, 3.8) is 0 Å².